The number of aliphatic hydroxyl groups excluding tert-OH is 2. The fraction of sp³-hybridized carbons (Fsp3) is 0.923. The summed E-state index contributed by atoms with van der Waals surface area (Å²) in [7, 11) is -4.39. The highest BCUT2D eigenvalue weighted by molar-refractivity contribution is 7.47. The van der Waals surface area contributed by atoms with Gasteiger partial charge in [-0.25, -0.2) is 4.57 Å². The average Bonchev–Trinajstić information content (AvgIpc) is 3.07. The molecule has 4 atom stereocenters. The molecule has 0 radical (unpaired) electrons. The highest BCUT2D eigenvalue weighted by Gasteiger charge is 2.27. The smallest absolute Gasteiger partial charge is 0.393 e. The molecule has 0 bridgehead atoms. The molecule has 0 aliphatic carbocycles. The summed E-state index contributed by atoms with van der Waals surface area (Å²) in [5, 5.41) is 23.9. The molecule has 0 saturated carbocycles. The van der Waals surface area contributed by atoms with Crippen LogP contribution >= 0.6 is 7.82 Å². The summed E-state index contributed by atoms with van der Waals surface area (Å²) in [6.45, 7) is 3.94. The standard InChI is InChI=1S/C39H79N2O7P/c1-3-5-7-9-11-13-14-15-16-17-18-19-20-21-22-23-25-27-29-31-38(43)37(35-48-49(45,46)47-33-32-40)41-39(44)34-36(42)30-28-26-24-12-10-8-6-4-2/h29,31,36-38,42-43H,3-28,30,32-35,40H2,1-2H3,(H,41,44)(H,45,46)/b31-29+. The minimum absolute atomic E-state index is 0.0512. The van der Waals surface area contributed by atoms with Crippen molar-refractivity contribution in [1.82, 2.24) is 5.32 Å². The van der Waals surface area contributed by atoms with Gasteiger partial charge in [0.25, 0.3) is 0 Å². The molecule has 0 aliphatic heterocycles. The molecule has 4 unspecified atom stereocenters. The van der Waals surface area contributed by atoms with E-state index in [1.54, 1.807) is 6.08 Å². The number of nitrogens with one attached hydrogen (secondary N) is 1. The zero-order valence-electron chi connectivity index (χ0n) is 31.8. The summed E-state index contributed by atoms with van der Waals surface area (Å²) in [5.74, 6) is -0.447. The summed E-state index contributed by atoms with van der Waals surface area (Å²) in [6, 6.07) is -0.975. The molecule has 0 aromatic carbocycles. The Hall–Kier alpha value is -0.800. The van der Waals surface area contributed by atoms with Crippen LogP contribution < -0.4 is 11.1 Å². The second kappa shape index (κ2) is 35.6. The Balaban J connectivity index is 4.30. The molecule has 292 valence electrons. The first-order valence-corrected chi connectivity index (χ1v) is 21.9. The average molecular weight is 719 g/mol. The number of nitrogens with two attached hydrogens (primary N) is 1. The zero-order chi connectivity index (χ0) is 36.3. The van der Waals surface area contributed by atoms with Crippen molar-refractivity contribution in [2.45, 2.75) is 212 Å². The molecule has 0 saturated heterocycles. The van der Waals surface area contributed by atoms with Crippen LogP contribution in [0.4, 0.5) is 0 Å². The molecule has 6 N–H and O–H groups in total. The van der Waals surface area contributed by atoms with E-state index < -0.39 is 38.6 Å². The van der Waals surface area contributed by atoms with E-state index in [1.807, 2.05) is 6.08 Å². The highest BCUT2D eigenvalue weighted by Crippen LogP contribution is 2.43. The highest BCUT2D eigenvalue weighted by atomic mass is 31.2. The lowest BCUT2D eigenvalue weighted by Gasteiger charge is -2.24. The van der Waals surface area contributed by atoms with Crippen LogP contribution in [-0.2, 0) is 18.4 Å². The SMILES string of the molecule is CCCCCCCCCCCCCCCCCCC/C=C/C(O)C(COP(=O)(O)OCCN)NC(=O)CC(O)CCCCCCCCCC. The summed E-state index contributed by atoms with van der Waals surface area (Å²) in [4.78, 5) is 22.6. The summed E-state index contributed by atoms with van der Waals surface area (Å²) in [6.07, 6.45) is 34.5. The van der Waals surface area contributed by atoms with Crippen LogP contribution in [0, 0.1) is 0 Å². The lowest BCUT2D eigenvalue weighted by atomic mass is 10.0. The number of rotatable bonds is 38. The molecule has 0 spiro atoms. The number of unbranched alkanes of at least 4 members (excludes halogenated alkanes) is 24. The summed E-state index contributed by atoms with van der Waals surface area (Å²) >= 11 is 0. The van der Waals surface area contributed by atoms with Gasteiger partial charge in [0, 0.05) is 6.54 Å². The Morgan fingerprint density at radius 1 is 0.694 bits per heavy atom. The van der Waals surface area contributed by atoms with Crippen LogP contribution in [0.2, 0.25) is 0 Å². The van der Waals surface area contributed by atoms with Crippen LogP contribution in [0.1, 0.15) is 194 Å². The van der Waals surface area contributed by atoms with E-state index in [9.17, 15) is 24.5 Å². The molecule has 9 nitrogen and oxygen atoms in total. The van der Waals surface area contributed by atoms with Gasteiger partial charge >= 0.3 is 7.82 Å². The van der Waals surface area contributed by atoms with Gasteiger partial charge in [0.1, 0.15) is 0 Å². The molecular formula is C39H79N2O7P. The summed E-state index contributed by atoms with van der Waals surface area (Å²) in [5.41, 5.74) is 5.35. The third-order valence-corrected chi connectivity index (χ3v) is 10.2. The Labute approximate surface area is 301 Å². The van der Waals surface area contributed by atoms with Gasteiger partial charge in [0.05, 0.1) is 37.9 Å². The molecule has 1 amide bonds. The first kappa shape index (κ1) is 48.2. The Morgan fingerprint density at radius 3 is 1.57 bits per heavy atom. The topological polar surface area (TPSA) is 151 Å². The number of hydrogen-bond acceptors (Lipinski definition) is 7. The molecule has 10 heteroatoms. The maximum absolute atomic E-state index is 12.7. The number of carbonyl (C=O) groups excluding carboxylic acids is 1. The molecule has 0 heterocycles. The number of hydrogen-bond donors (Lipinski definition) is 5. The molecular weight excluding hydrogens is 639 g/mol. The van der Waals surface area contributed by atoms with Gasteiger partial charge in [-0.05, 0) is 19.3 Å². The Morgan fingerprint density at radius 2 is 1.12 bits per heavy atom. The second-order valence-electron chi connectivity index (χ2n) is 14.0. The zero-order valence-corrected chi connectivity index (χ0v) is 32.7. The van der Waals surface area contributed by atoms with Gasteiger partial charge in [0.2, 0.25) is 5.91 Å². The first-order valence-electron chi connectivity index (χ1n) is 20.4. The molecule has 0 fully saturated rings. The van der Waals surface area contributed by atoms with Crippen LogP contribution in [0.15, 0.2) is 12.2 Å². The lowest BCUT2D eigenvalue weighted by molar-refractivity contribution is -0.124. The van der Waals surface area contributed by atoms with Crippen LogP contribution in [0.5, 0.6) is 0 Å². The fourth-order valence-corrected chi connectivity index (χ4v) is 6.82. The van der Waals surface area contributed by atoms with Gasteiger partial charge in [0.15, 0.2) is 0 Å². The van der Waals surface area contributed by atoms with Gasteiger partial charge in [-0.2, -0.15) is 0 Å². The van der Waals surface area contributed by atoms with Crippen molar-refractivity contribution in [3.8, 4) is 0 Å². The van der Waals surface area contributed by atoms with Crippen molar-refractivity contribution < 1.29 is 33.5 Å². The Kier molecular flexibility index (Phi) is 35.0. The fourth-order valence-electron chi connectivity index (χ4n) is 6.06. The lowest BCUT2D eigenvalue weighted by Crippen LogP contribution is -2.46. The third-order valence-electron chi connectivity index (χ3n) is 9.17. The van der Waals surface area contributed by atoms with Crippen molar-refractivity contribution in [3.63, 3.8) is 0 Å². The quantitative estimate of drug-likeness (QED) is 0.0240. The number of phosphoric acid groups is 1. The Bertz CT molecular complexity index is 801. The largest absolute Gasteiger partial charge is 0.472 e. The first-order chi connectivity index (χ1) is 23.8. The van der Waals surface area contributed by atoms with Crippen LogP contribution in [-0.4, -0.2) is 59.0 Å². The van der Waals surface area contributed by atoms with Crippen molar-refractivity contribution in [3.05, 3.63) is 12.2 Å². The van der Waals surface area contributed by atoms with E-state index in [0.29, 0.717) is 6.42 Å². The predicted octanol–water partition coefficient (Wildman–Crippen LogP) is 9.80. The van der Waals surface area contributed by atoms with Crippen molar-refractivity contribution in [2.75, 3.05) is 19.8 Å². The number of phosphoric ester groups is 1. The molecule has 49 heavy (non-hydrogen) atoms. The van der Waals surface area contributed by atoms with Crippen molar-refractivity contribution in [2.24, 2.45) is 5.73 Å². The van der Waals surface area contributed by atoms with E-state index >= 15 is 0 Å². The molecule has 0 aromatic rings. The van der Waals surface area contributed by atoms with Crippen LogP contribution in [0.25, 0.3) is 0 Å². The maximum Gasteiger partial charge on any atom is 0.472 e. The van der Waals surface area contributed by atoms with E-state index in [1.165, 1.54) is 128 Å². The van der Waals surface area contributed by atoms with Crippen molar-refractivity contribution in [1.29, 1.82) is 0 Å². The van der Waals surface area contributed by atoms with Crippen molar-refractivity contribution >= 4 is 13.7 Å². The van der Waals surface area contributed by atoms with Gasteiger partial charge in [-0.15, -0.1) is 0 Å². The van der Waals surface area contributed by atoms with Gasteiger partial charge in [-0.3, -0.25) is 13.8 Å². The monoisotopic (exact) mass is 719 g/mol. The van der Waals surface area contributed by atoms with E-state index in [4.69, 9.17) is 14.8 Å². The number of allylic oxidation sites excluding steroid dienone is 1. The molecule has 0 aliphatic rings. The minimum atomic E-state index is -4.39. The van der Waals surface area contributed by atoms with Crippen LogP contribution in [0.3, 0.4) is 0 Å². The molecule has 0 rings (SSSR count). The molecule has 0 aromatic heterocycles. The number of aliphatic hydroxyl groups is 2. The second-order valence-corrected chi connectivity index (χ2v) is 15.5. The van der Waals surface area contributed by atoms with E-state index in [-0.39, 0.29) is 19.6 Å². The van der Waals surface area contributed by atoms with Gasteiger partial charge < -0.3 is 26.2 Å². The number of carbonyl (C=O) groups is 1. The minimum Gasteiger partial charge on any atom is -0.393 e. The predicted molar refractivity (Wildman–Crippen MR) is 204 cm³/mol. The van der Waals surface area contributed by atoms with E-state index in [2.05, 4.69) is 19.2 Å². The summed E-state index contributed by atoms with van der Waals surface area (Å²) < 4.78 is 22.0. The maximum atomic E-state index is 12.7. The third kappa shape index (κ3) is 34.1. The number of amides is 1. The van der Waals surface area contributed by atoms with E-state index in [0.717, 1.165) is 38.5 Å². The normalized spacial score (nSPS) is 15.0. The van der Waals surface area contributed by atoms with Gasteiger partial charge in [-0.1, -0.05) is 180 Å².